The molecule has 1 aliphatic heterocycles. The fourth-order valence-electron chi connectivity index (χ4n) is 10.8. The second kappa shape index (κ2) is 12.7. The van der Waals surface area contributed by atoms with Crippen molar-refractivity contribution < 1.29 is 35.0 Å². The van der Waals surface area contributed by atoms with Crippen molar-refractivity contribution in [2.45, 2.75) is 149 Å². The third-order valence-corrected chi connectivity index (χ3v) is 13.5. The molecule has 7 nitrogen and oxygen atoms in total. The van der Waals surface area contributed by atoms with Crippen molar-refractivity contribution in [2.75, 3.05) is 6.61 Å². The van der Waals surface area contributed by atoms with Crippen molar-refractivity contribution in [1.82, 2.24) is 0 Å². The van der Waals surface area contributed by atoms with Gasteiger partial charge in [-0.25, -0.2) is 0 Å². The van der Waals surface area contributed by atoms with Gasteiger partial charge >= 0.3 is 0 Å². The minimum absolute atomic E-state index is 0.0236. The Morgan fingerprint density at radius 2 is 1.67 bits per heavy atom. The van der Waals surface area contributed by atoms with Gasteiger partial charge in [0.25, 0.3) is 0 Å². The highest BCUT2D eigenvalue weighted by atomic mass is 16.7. The van der Waals surface area contributed by atoms with Crippen LogP contribution < -0.4 is 0 Å². The summed E-state index contributed by atoms with van der Waals surface area (Å²) in [7, 11) is 0. The van der Waals surface area contributed by atoms with Crippen LogP contribution in [-0.2, 0) is 9.47 Å². The number of ether oxygens (including phenoxy) is 2. The lowest BCUT2D eigenvalue weighted by molar-refractivity contribution is -0.313. The maximum Gasteiger partial charge on any atom is 0.186 e. The number of rotatable bonds is 9. The average Bonchev–Trinajstić information content (AvgIpc) is 3.31. The summed E-state index contributed by atoms with van der Waals surface area (Å²) < 4.78 is 11.8. The van der Waals surface area contributed by atoms with E-state index in [9.17, 15) is 25.5 Å². The molecule has 0 radical (unpaired) electrons. The lowest BCUT2D eigenvalue weighted by Crippen LogP contribution is -2.60. The van der Waals surface area contributed by atoms with Crippen molar-refractivity contribution in [3.8, 4) is 0 Å². The molecule has 4 fully saturated rings. The van der Waals surface area contributed by atoms with E-state index in [0.29, 0.717) is 29.6 Å². The Kier molecular flexibility index (Phi) is 9.92. The zero-order valence-corrected chi connectivity index (χ0v) is 27.0. The molecular formula is C35H60O7. The van der Waals surface area contributed by atoms with Crippen LogP contribution in [0.25, 0.3) is 0 Å². The van der Waals surface area contributed by atoms with Crippen LogP contribution >= 0.6 is 0 Å². The largest absolute Gasteiger partial charge is 0.394 e. The fourth-order valence-corrected chi connectivity index (χ4v) is 10.8. The summed E-state index contributed by atoms with van der Waals surface area (Å²) in [5, 5.41) is 52.1. The van der Waals surface area contributed by atoms with Crippen LogP contribution in [0.2, 0.25) is 0 Å². The summed E-state index contributed by atoms with van der Waals surface area (Å²) >= 11 is 0. The standard InChI is InChI=1S/C35H60O7/c1-7-21(19(2)3)9-8-20(4)24-10-11-25-29-26(13-15-35(24,25)6)34(5)14-12-23(16-22(34)17-27(29)37)41-33-32(40)31(39)30(38)28(18-36)42-33/h17,19-21,23-33,36-40H,7-16,18H2,1-6H3/t20-,21-,23?,24-,25+,26+,27?,28-,29+,30-,31+,32-,33-,34+,35-/m1/s1. The predicted octanol–water partition coefficient (Wildman–Crippen LogP) is 4.82. The van der Waals surface area contributed by atoms with Gasteiger partial charge in [0.2, 0.25) is 0 Å². The number of hydrogen-bond donors (Lipinski definition) is 5. The molecule has 5 rings (SSSR count). The molecule has 1 saturated heterocycles. The van der Waals surface area contributed by atoms with Crippen molar-refractivity contribution in [1.29, 1.82) is 0 Å². The maximum absolute atomic E-state index is 11.7. The highest BCUT2D eigenvalue weighted by molar-refractivity contribution is 5.28. The lowest BCUT2D eigenvalue weighted by atomic mass is 9.46. The Balaban J connectivity index is 1.27. The number of aliphatic hydroxyl groups is 5. The van der Waals surface area contributed by atoms with E-state index in [2.05, 4.69) is 47.6 Å². The molecule has 7 heteroatoms. The van der Waals surface area contributed by atoms with E-state index >= 15 is 0 Å². The van der Waals surface area contributed by atoms with Crippen LogP contribution in [-0.4, -0.2) is 75.1 Å². The molecule has 3 saturated carbocycles. The zero-order chi connectivity index (χ0) is 30.6. The van der Waals surface area contributed by atoms with Crippen molar-refractivity contribution in [3.05, 3.63) is 11.6 Å². The van der Waals surface area contributed by atoms with E-state index in [4.69, 9.17) is 9.47 Å². The van der Waals surface area contributed by atoms with E-state index in [1.54, 1.807) is 0 Å². The number of aliphatic hydroxyl groups excluding tert-OH is 5. The van der Waals surface area contributed by atoms with Gasteiger partial charge in [0.1, 0.15) is 24.4 Å². The highest BCUT2D eigenvalue weighted by Gasteiger charge is 2.61. The normalized spacial score (nSPS) is 48.7. The van der Waals surface area contributed by atoms with Gasteiger partial charge in [0.15, 0.2) is 6.29 Å². The molecule has 242 valence electrons. The Labute approximate surface area is 254 Å². The minimum atomic E-state index is -1.44. The molecule has 1 heterocycles. The molecule has 42 heavy (non-hydrogen) atoms. The highest BCUT2D eigenvalue weighted by Crippen LogP contribution is 2.67. The smallest absolute Gasteiger partial charge is 0.186 e. The van der Waals surface area contributed by atoms with Gasteiger partial charge in [0.05, 0.1) is 18.8 Å². The fraction of sp³-hybridized carbons (Fsp3) is 0.943. The second-order valence-electron chi connectivity index (χ2n) is 15.8. The summed E-state index contributed by atoms with van der Waals surface area (Å²) in [6, 6.07) is 0. The van der Waals surface area contributed by atoms with Gasteiger partial charge in [-0.1, -0.05) is 66.0 Å². The minimum Gasteiger partial charge on any atom is -0.394 e. The van der Waals surface area contributed by atoms with Crippen molar-refractivity contribution in [2.24, 2.45) is 52.3 Å². The van der Waals surface area contributed by atoms with Gasteiger partial charge in [-0.05, 0) is 104 Å². The monoisotopic (exact) mass is 592 g/mol. The van der Waals surface area contributed by atoms with Crippen molar-refractivity contribution in [3.63, 3.8) is 0 Å². The van der Waals surface area contributed by atoms with Crippen LogP contribution in [0.5, 0.6) is 0 Å². The summed E-state index contributed by atoms with van der Waals surface area (Å²) in [6.45, 7) is 14.1. The molecular weight excluding hydrogens is 532 g/mol. The molecule has 0 bridgehead atoms. The van der Waals surface area contributed by atoms with Gasteiger partial charge in [-0.2, -0.15) is 0 Å². The van der Waals surface area contributed by atoms with Crippen LogP contribution in [0, 0.1) is 52.3 Å². The van der Waals surface area contributed by atoms with E-state index in [0.717, 1.165) is 42.9 Å². The SMILES string of the molecule is CC[C@H](CC[C@@H](C)[C@H]1CC[C@H]2[C@@H]3C(O)C=C4CC(O[C@@H]5O[C@H](CO)[C@@H](O)[C@H](O)[C@H]5O)CC[C@]4(C)[C@H]3CC[C@]12C)C(C)C. The quantitative estimate of drug-likeness (QED) is 0.244. The number of hydrogen-bond acceptors (Lipinski definition) is 7. The predicted molar refractivity (Wildman–Crippen MR) is 162 cm³/mol. The van der Waals surface area contributed by atoms with E-state index in [-0.39, 0.29) is 11.5 Å². The molecule has 0 spiro atoms. The Morgan fingerprint density at radius 3 is 2.33 bits per heavy atom. The Hall–Kier alpha value is -0.540. The van der Waals surface area contributed by atoms with Crippen LogP contribution in [0.1, 0.15) is 106 Å². The molecule has 0 amide bonds. The first kappa shape index (κ1) is 32.8. The molecule has 4 aliphatic carbocycles. The molecule has 2 unspecified atom stereocenters. The first-order chi connectivity index (χ1) is 19.8. The number of fused-ring (bicyclic) bond motifs is 5. The molecule has 0 aromatic carbocycles. The maximum atomic E-state index is 11.7. The topological polar surface area (TPSA) is 120 Å². The van der Waals surface area contributed by atoms with Gasteiger partial charge in [-0.3, -0.25) is 0 Å². The third kappa shape index (κ3) is 5.67. The molecule has 0 aromatic rings. The first-order valence-corrected chi connectivity index (χ1v) is 17.2. The van der Waals surface area contributed by atoms with E-state index in [1.165, 1.54) is 44.1 Å². The molecule has 15 atom stereocenters. The van der Waals surface area contributed by atoms with Gasteiger partial charge < -0.3 is 35.0 Å². The second-order valence-corrected chi connectivity index (χ2v) is 15.8. The average molecular weight is 593 g/mol. The third-order valence-electron chi connectivity index (χ3n) is 13.5. The Morgan fingerprint density at radius 1 is 0.929 bits per heavy atom. The Bertz CT molecular complexity index is 952. The van der Waals surface area contributed by atoms with Crippen molar-refractivity contribution >= 4 is 0 Å². The van der Waals surface area contributed by atoms with Gasteiger partial charge in [-0.15, -0.1) is 0 Å². The first-order valence-electron chi connectivity index (χ1n) is 17.2. The van der Waals surface area contributed by atoms with Crippen LogP contribution in [0.4, 0.5) is 0 Å². The molecule has 5 N–H and O–H groups in total. The molecule has 0 aromatic heterocycles. The van der Waals surface area contributed by atoms with Crippen LogP contribution in [0.15, 0.2) is 11.6 Å². The van der Waals surface area contributed by atoms with E-state index in [1.807, 2.05) is 0 Å². The van der Waals surface area contributed by atoms with Gasteiger partial charge in [0, 0.05) is 0 Å². The summed E-state index contributed by atoms with van der Waals surface area (Å²) in [6.07, 6.45) is 6.41. The zero-order valence-electron chi connectivity index (χ0n) is 27.0. The molecule has 5 aliphatic rings. The summed E-state index contributed by atoms with van der Waals surface area (Å²) in [5.74, 6) is 4.35. The van der Waals surface area contributed by atoms with E-state index < -0.39 is 43.4 Å². The lowest BCUT2D eigenvalue weighted by Gasteiger charge is -2.59. The summed E-state index contributed by atoms with van der Waals surface area (Å²) in [4.78, 5) is 0. The summed E-state index contributed by atoms with van der Waals surface area (Å²) in [5.41, 5.74) is 1.57. The van der Waals surface area contributed by atoms with Crippen LogP contribution in [0.3, 0.4) is 0 Å².